The van der Waals surface area contributed by atoms with Gasteiger partial charge in [0.15, 0.2) is 5.82 Å². The Labute approximate surface area is 116 Å². The minimum absolute atomic E-state index is 0.340. The van der Waals surface area contributed by atoms with E-state index in [1.807, 2.05) is 19.9 Å². The predicted octanol–water partition coefficient (Wildman–Crippen LogP) is 1.37. The first kappa shape index (κ1) is 13.4. The number of aromatic nitrogens is 3. The summed E-state index contributed by atoms with van der Waals surface area (Å²) in [5.41, 5.74) is 8.46. The number of anilines is 1. The molecule has 0 atom stereocenters. The topological polar surface area (TPSA) is 89.9 Å². The molecule has 6 nitrogen and oxygen atoms in total. The van der Waals surface area contributed by atoms with Crippen LogP contribution in [0.3, 0.4) is 0 Å². The van der Waals surface area contributed by atoms with E-state index in [2.05, 4.69) is 25.0 Å². The van der Waals surface area contributed by atoms with E-state index in [-0.39, 0.29) is 0 Å². The fourth-order valence-corrected chi connectivity index (χ4v) is 2.13. The molecule has 0 aliphatic heterocycles. The third-order valence-electron chi connectivity index (χ3n) is 2.64. The van der Waals surface area contributed by atoms with Gasteiger partial charge in [0.2, 0.25) is 6.39 Å². The quantitative estimate of drug-likeness (QED) is 0.798. The second kappa shape index (κ2) is 5.75. The molecule has 2 rings (SSSR count). The minimum Gasteiger partial charge on any atom is -0.389 e. The number of nitrogens with two attached hydrogens (primary N) is 1. The van der Waals surface area contributed by atoms with Crippen LogP contribution in [0, 0.1) is 13.8 Å². The molecule has 0 amide bonds. The Morgan fingerprint density at radius 3 is 2.89 bits per heavy atom. The molecule has 0 fully saturated rings. The normalized spacial score (nSPS) is 10.4. The molecule has 0 spiro atoms. The van der Waals surface area contributed by atoms with Gasteiger partial charge in [-0.2, -0.15) is 4.98 Å². The molecule has 2 aromatic heterocycles. The predicted molar refractivity (Wildman–Crippen MR) is 76.1 cm³/mol. The van der Waals surface area contributed by atoms with Gasteiger partial charge in [-0.05, 0) is 25.5 Å². The van der Waals surface area contributed by atoms with Crippen LogP contribution >= 0.6 is 12.2 Å². The molecule has 3 N–H and O–H groups in total. The van der Waals surface area contributed by atoms with Gasteiger partial charge in [-0.3, -0.25) is 0 Å². The van der Waals surface area contributed by atoms with Crippen LogP contribution in [0.5, 0.6) is 0 Å². The maximum atomic E-state index is 5.74. The van der Waals surface area contributed by atoms with Crippen molar-refractivity contribution in [2.24, 2.45) is 5.73 Å². The van der Waals surface area contributed by atoms with Crippen LogP contribution in [-0.2, 0) is 6.42 Å². The van der Waals surface area contributed by atoms with Crippen molar-refractivity contribution < 1.29 is 4.52 Å². The molecule has 0 unspecified atom stereocenters. The fourth-order valence-electron chi connectivity index (χ4n) is 1.87. The number of aryl methyl sites for hydroxylation is 2. The van der Waals surface area contributed by atoms with Crippen LogP contribution < -0.4 is 11.1 Å². The summed E-state index contributed by atoms with van der Waals surface area (Å²) < 4.78 is 4.67. The number of hydrogen-bond donors (Lipinski definition) is 2. The Hall–Kier alpha value is -2.02. The summed E-state index contributed by atoms with van der Waals surface area (Å²) in [4.78, 5) is 8.72. The first-order valence-corrected chi connectivity index (χ1v) is 6.26. The molecule has 0 saturated carbocycles. The van der Waals surface area contributed by atoms with Gasteiger partial charge in [-0.15, -0.1) is 0 Å². The summed E-state index contributed by atoms with van der Waals surface area (Å²) in [6.45, 7) is 4.53. The smallest absolute Gasteiger partial charge is 0.213 e. The lowest BCUT2D eigenvalue weighted by Gasteiger charge is -2.13. The maximum absolute atomic E-state index is 5.74. The lowest BCUT2D eigenvalue weighted by Crippen LogP contribution is -2.18. The largest absolute Gasteiger partial charge is 0.389 e. The Bertz CT molecular complexity index is 582. The highest BCUT2D eigenvalue weighted by molar-refractivity contribution is 7.80. The van der Waals surface area contributed by atoms with E-state index in [1.165, 1.54) is 6.39 Å². The standard InChI is InChI=1S/C12H15N5OS/c1-7-5-8(2)16-12(10(7)11(13)19)14-4-3-9-15-6-18-17-9/h5-6H,3-4H2,1-2H3,(H2,13,19)(H,14,16). The van der Waals surface area contributed by atoms with Crippen LogP contribution in [-0.4, -0.2) is 26.7 Å². The van der Waals surface area contributed by atoms with Gasteiger partial charge in [0.25, 0.3) is 0 Å². The summed E-state index contributed by atoms with van der Waals surface area (Å²) in [6.07, 6.45) is 1.95. The molecule has 100 valence electrons. The van der Waals surface area contributed by atoms with E-state index in [9.17, 15) is 0 Å². The SMILES string of the molecule is Cc1cc(C)c(C(N)=S)c(NCCc2ncon2)n1. The number of nitrogens with zero attached hydrogens (tertiary/aromatic N) is 3. The van der Waals surface area contributed by atoms with Crippen molar-refractivity contribution in [3.8, 4) is 0 Å². The Morgan fingerprint density at radius 1 is 1.47 bits per heavy atom. The van der Waals surface area contributed by atoms with Gasteiger partial charge in [0.05, 0.1) is 5.56 Å². The minimum atomic E-state index is 0.340. The van der Waals surface area contributed by atoms with Crippen molar-refractivity contribution >= 4 is 23.0 Å². The van der Waals surface area contributed by atoms with E-state index in [0.29, 0.717) is 29.6 Å². The van der Waals surface area contributed by atoms with Crippen molar-refractivity contribution in [3.63, 3.8) is 0 Å². The second-order valence-electron chi connectivity index (χ2n) is 4.19. The third-order valence-corrected chi connectivity index (χ3v) is 2.84. The lowest BCUT2D eigenvalue weighted by molar-refractivity contribution is 0.410. The average Bonchev–Trinajstić information content (AvgIpc) is 2.80. The average molecular weight is 277 g/mol. The zero-order chi connectivity index (χ0) is 13.8. The van der Waals surface area contributed by atoms with Crippen LogP contribution in [0.15, 0.2) is 17.0 Å². The summed E-state index contributed by atoms with van der Waals surface area (Å²) in [5.74, 6) is 1.35. The molecule has 2 heterocycles. The second-order valence-corrected chi connectivity index (χ2v) is 4.63. The fraction of sp³-hybridized carbons (Fsp3) is 0.333. The first-order chi connectivity index (χ1) is 9.08. The molecule has 0 bridgehead atoms. The molecule has 0 aliphatic rings. The molecular formula is C12H15N5OS. The Balaban J connectivity index is 2.12. The van der Waals surface area contributed by atoms with Gasteiger partial charge in [-0.1, -0.05) is 17.4 Å². The molecule has 0 saturated heterocycles. The van der Waals surface area contributed by atoms with Gasteiger partial charge in [-0.25, -0.2) is 4.98 Å². The molecule has 2 aromatic rings. The van der Waals surface area contributed by atoms with Crippen molar-refractivity contribution in [1.82, 2.24) is 15.1 Å². The summed E-state index contributed by atoms with van der Waals surface area (Å²) >= 11 is 5.07. The number of hydrogen-bond acceptors (Lipinski definition) is 6. The van der Waals surface area contributed by atoms with E-state index in [0.717, 1.165) is 16.8 Å². The summed E-state index contributed by atoms with van der Waals surface area (Å²) in [5, 5.41) is 6.96. The number of thiocarbonyl (C=S) groups is 1. The van der Waals surface area contributed by atoms with E-state index in [4.69, 9.17) is 18.0 Å². The molecule has 19 heavy (non-hydrogen) atoms. The van der Waals surface area contributed by atoms with Gasteiger partial charge in [0, 0.05) is 18.7 Å². The lowest BCUT2D eigenvalue weighted by atomic mass is 10.1. The van der Waals surface area contributed by atoms with Crippen LogP contribution in [0.1, 0.15) is 22.6 Å². The Kier molecular flexibility index (Phi) is 4.06. The third kappa shape index (κ3) is 3.25. The van der Waals surface area contributed by atoms with Crippen molar-refractivity contribution in [1.29, 1.82) is 0 Å². The highest BCUT2D eigenvalue weighted by atomic mass is 32.1. The zero-order valence-electron chi connectivity index (χ0n) is 10.8. The molecule has 0 aliphatic carbocycles. The number of nitrogens with one attached hydrogen (secondary N) is 1. The monoisotopic (exact) mass is 277 g/mol. The van der Waals surface area contributed by atoms with E-state index < -0.39 is 0 Å². The maximum Gasteiger partial charge on any atom is 0.213 e. The highest BCUT2D eigenvalue weighted by Crippen LogP contribution is 2.18. The van der Waals surface area contributed by atoms with Crippen LogP contribution in [0.4, 0.5) is 5.82 Å². The molecule has 7 heteroatoms. The molecule has 0 aromatic carbocycles. The highest BCUT2D eigenvalue weighted by Gasteiger charge is 2.11. The summed E-state index contributed by atoms with van der Waals surface area (Å²) in [7, 11) is 0. The van der Waals surface area contributed by atoms with Crippen molar-refractivity contribution in [2.45, 2.75) is 20.3 Å². The van der Waals surface area contributed by atoms with Crippen LogP contribution in [0.25, 0.3) is 0 Å². The van der Waals surface area contributed by atoms with E-state index in [1.54, 1.807) is 0 Å². The van der Waals surface area contributed by atoms with Gasteiger partial charge >= 0.3 is 0 Å². The van der Waals surface area contributed by atoms with E-state index >= 15 is 0 Å². The summed E-state index contributed by atoms with van der Waals surface area (Å²) in [6, 6.07) is 1.96. The molecule has 0 radical (unpaired) electrons. The van der Waals surface area contributed by atoms with Gasteiger partial charge < -0.3 is 15.6 Å². The number of pyridine rings is 1. The molecular weight excluding hydrogens is 262 g/mol. The van der Waals surface area contributed by atoms with Crippen molar-refractivity contribution in [3.05, 3.63) is 35.1 Å². The number of rotatable bonds is 5. The Morgan fingerprint density at radius 2 is 2.26 bits per heavy atom. The first-order valence-electron chi connectivity index (χ1n) is 5.85. The zero-order valence-corrected chi connectivity index (χ0v) is 11.6. The van der Waals surface area contributed by atoms with Gasteiger partial charge in [0.1, 0.15) is 10.8 Å². The van der Waals surface area contributed by atoms with Crippen molar-refractivity contribution in [2.75, 3.05) is 11.9 Å². The van der Waals surface area contributed by atoms with Crippen LogP contribution in [0.2, 0.25) is 0 Å².